The molecule has 1 aromatic heterocycles. The zero-order valence-electron chi connectivity index (χ0n) is 15.8. The third-order valence-corrected chi connectivity index (χ3v) is 6.42. The summed E-state index contributed by atoms with van der Waals surface area (Å²) in [6.07, 6.45) is 4.26. The predicted octanol–water partition coefficient (Wildman–Crippen LogP) is 5.88. The van der Waals surface area contributed by atoms with Crippen LogP contribution in [-0.2, 0) is 12.8 Å². The first-order valence-electron chi connectivity index (χ1n) is 9.49. The van der Waals surface area contributed by atoms with E-state index < -0.39 is 0 Å². The van der Waals surface area contributed by atoms with Crippen LogP contribution in [0.1, 0.15) is 84.4 Å². The summed E-state index contributed by atoms with van der Waals surface area (Å²) in [7, 11) is 0. The first-order chi connectivity index (χ1) is 12.0. The first kappa shape index (κ1) is 18.2. The van der Waals surface area contributed by atoms with Crippen molar-refractivity contribution in [3.63, 3.8) is 0 Å². The van der Waals surface area contributed by atoms with Crippen LogP contribution in [0.5, 0.6) is 0 Å². The highest BCUT2D eigenvalue weighted by molar-refractivity contribution is 7.10. The molecule has 0 fully saturated rings. The van der Waals surface area contributed by atoms with E-state index >= 15 is 0 Å². The molecule has 0 radical (unpaired) electrons. The molecule has 0 saturated carbocycles. The molecule has 2 aromatic rings. The van der Waals surface area contributed by atoms with Crippen LogP contribution in [0, 0.1) is 5.92 Å². The van der Waals surface area contributed by atoms with Crippen LogP contribution in [0.15, 0.2) is 29.6 Å². The quantitative estimate of drug-likeness (QED) is 0.713. The lowest BCUT2D eigenvalue weighted by Crippen LogP contribution is -2.29. The van der Waals surface area contributed by atoms with Gasteiger partial charge in [-0.05, 0) is 54.2 Å². The van der Waals surface area contributed by atoms with E-state index in [0.29, 0.717) is 5.92 Å². The van der Waals surface area contributed by atoms with Crippen LogP contribution < -0.4 is 5.32 Å². The Morgan fingerprint density at radius 1 is 1.24 bits per heavy atom. The van der Waals surface area contributed by atoms with Crippen LogP contribution in [-0.4, -0.2) is 5.91 Å². The van der Waals surface area contributed by atoms with Crippen molar-refractivity contribution in [2.45, 2.75) is 65.3 Å². The van der Waals surface area contributed by atoms with Crippen molar-refractivity contribution < 1.29 is 4.79 Å². The van der Waals surface area contributed by atoms with Gasteiger partial charge in [0.25, 0.3) is 5.91 Å². The minimum atomic E-state index is 0.0757. The van der Waals surface area contributed by atoms with Gasteiger partial charge < -0.3 is 5.32 Å². The highest BCUT2D eigenvalue weighted by atomic mass is 32.1. The van der Waals surface area contributed by atoms with E-state index in [0.717, 1.165) is 30.7 Å². The lowest BCUT2D eigenvalue weighted by atomic mass is 9.88. The summed E-state index contributed by atoms with van der Waals surface area (Å²) in [5, 5.41) is 5.33. The number of thiophene rings is 1. The summed E-state index contributed by atoms with van der Waals surface area (Å²) in [5.41, 5.74) is 4.73. The maximum atomic E-state index is 12.9. The van der Waals surface area contributed by atoms with E-state index in [1.54, 1.807) is 11.3 Å². The normalized spacial score (nSPS) is 18.0. The Labute approximate surface area is 155 Å². The van der Waals surface area contributed by atoms with Gasteiger partial charge in [-0.3, -0.25) is 4.79 Å². The minimum absolute atomic E-state index is 0.0757. The van der Waals surface area contributed by atoms with Gasteiger partial charge in [-0.2, -0.15) is 0 Å². The molecule has 134 valence electrons. The Morgan fingerprint density at radius 2 is 1.92 bits per heavy atom. The fourth-order valence-electron chi connectivity index (χ4n) is 3.64. The zero-order valence-corrected chi connectivity index (χ0v) is 16.6. The van der Waals surface area contributed by atoms with E-state index in [9.17, 15) is 4.79 Å². The van der Waals surface area contributed by atoms with Crippen molar-refractivity contribution in [2.75, 3.05) is 0 Å². The fourth-order valence-corrected chi connectivity index (χ4v) is 4.88. The summed E-state index contributed by atoms with van der Waals surface area (Å²) in [6, 6.07) is 8.76. The molecule has 1 aliphatic carbocycles. The first-order valence-corrected chi connectivity index (χ1v) is 10.4. The van der Waals surface area contributed by atoms with Crippen LogP contribution >= 0.6 is 11.3 Å². The molecule has 0 aliphatic heterocycles. The van der Waals surface area contributed by atoms with Gasteiger partial charge in [0, 0.05) is 10.3 Å². The van der Waals surface area contributed by atoms with Crippen LogP contribution in [0.2, 0.25) is 0 Å². The molecule has 25 heavy (non-hydrogen) atoms. The molecule has 1 aromatic carbocycles. The Bertz CT molecular complexity index is 729. The van der Waals surface area contributed by atoms with Gasteiger partial charge in [0.05, 0.1) is 11.6 Å². The zero-order chi connectivity index (χ0) is 18.0. The molecule has 2 unspecified atom stereocenters. The van der Waals surface area contributed by atoms with E-state index in [4.69, 9.17) is 0 Å². The fraction of sp³-hybridized carbons (Fsp3) is 0.500. The number of carbonyl (C=O) groups excluding carboxylic acids is 1. The number of carbonyl (C=O) groups is 1. The van der Waals surface area contributed by atoms with Crippen molar-refractivity contribution in [3.8, 4) is 0 Å². The highest BCUT2D eigenvalue weighted by Crippen LogP contribution is 2.33. The Morgan fingerprint density at radius 3 is 2.56 bits per heavy atom. The summed E-state index contributed by atoms with van der Waals surface area (Å²) in [4.78, 5) is 14.3. The van der Waals surface area contributed by atoms with E-state index in [1.165, 1.54) is 28.0 Å². The number of amides is 1. The number of benzene rings is 1. The van der Waals surface area contributed by atoms with Gasteiger partial charge in [-0.25, -0.2) is 0 Å². The van der Waals surface area contributed by atoms with Crippen molar-refractivity contribution >= 4 is 17.2 Å². The van der Waals surface area contributed by atoms with Gasteiger partial charge in [0.2, 0.25) is 0 Å². The molecule has 3 rings (SSSR count). The smallest absolute Gasteiger partial charge is 0.252 e. The van der Waals surface area contributed by atoms with Gasteiger partial charge in [-0.15, -0.1) is 11.3 Å². The molecule has 1 N–H and O–H groups in total. The number of nitrogens with one attached hydrogen (secondary N) is 1. The van der Waals surface area contributed by atoms with E-state index in [1.807, 2.05) is 0 Å². The maximum absolute atomic E-state index is 12.9. The molecule has 1 heterocycles. The molecular formula is C22H29NOS. The molecule has 1 aliphatic rings. The van der Waals surface area contributed by atoms with Crippen molar-refractivity contribution in [1.29, 1.82) is 0 Å². The SMILES string of the molecule is CCC(NC(=O)c1csc2c1CCC(C)C2)c1ccc(C(C)C)cc1. The second-order valence-corrected chi connectivity index (χ2v) is 8.62. The molecule has 0 saturated heterocycles. The van der Waals surface area contributed by atoms with Crippen LogP contribution in [0.4, 0.5) is 0 Å². The molecule has 0 spiro atoms. The number of rotatable bonds is 5. The van der Waals surface area contributed by atoms with Gasteiger partial charge in [0.1, 0.15) is 0 Å². The lowest BCUT2D eigenvalue weighted by molar-refractivity contribution is 0.0934. The predicted molar refractivity (Wildman–Crippen MR) is 107 cm³/mol. The molecule has 0 bridgehead atoms. The molecule has 3 heteroatoms. The number of fused-ring (bicyclic) bond motifs is 1. The summed E-state index contributed by atoms with van der Waals surface area (Å²) < 4.78 is 0. The molecule has 2 nitrogen and oxygen atoms in total. The number of hydrogen-bond donors (Lipinski definition) is 1. The van der Waals surface area contributed by atoms with Gasteiger partial charge in [0.15, 0.2) is 0 Å². The summed E-state index contributed by atoms with van der Waals surface area (Å²) >= 11 is 1.76. The van der Waals surface area contributed by atoms with Crippen molar-refractivity contribution in [3.05, 3.63) is 56.8 Å². The molecular weight excluding hydrogens is 326 g/mol. The van der Waals surface area contributed by atoms with Gasteiger partial charge in [-0.1, -0.05) is 52.0 Å². The number of hydrogen-bond acceptors (Lipinski definition) is 2. The van der Waals surface area contributed by atoms with E-state index in [-0.39, 0.29) is 11.9 Å². The van der Waals surface area contributed by atoms with Crippen molar-refractivity contribution in [1.82, 2.24) is 5.32 Å². The largest absolute Gasteiger partial charge is 0.345 e. The summed E-state index contributed by atoms with van der Waals surface area (Å²) in [6.45, 7) is 8.84. The Balaban J connectivity index is 1.75. The average molecular weight is 356 g/mol. The third-order valence-electron chi connectivity index (χ3n) is 5.37. The topological polar surface area (TPSA) is 29.1 Å². The average Bonchev–Trinajstić information content (AvgIpc) is 3.02. The summed E-state index contributed by atoms with van der Waals surface area (Å²) in [5.74, 6) is 1.36. The van der Waals surface area contributed by atoms with E-state index in [2.05, 4.69) is 62.7 Å². The molecule has 1 amide bonds. The minimum Gasteiger partial charge on any atom is -0.345 e. The van der Waals surface area contributed by atoms with Gasteiger partial charge >= 0.3 is 0 Å². The Kier molecular flexibility index (Phi) is 5.63. The molecule has 2 atom stereocenters. The van der Waals surface area contributed by atoms with Crippen LogP contribution in [0.3, 0.4) is 0 Å². The third kappa shape index (κ3) is 3.98. The monoisotopic (exact) mass is 355 g/mol. The lowest BCUT2D eigenvalue weighted by Gasteiger charge is -2.21. The second kappa shape index (κ2) is 7.74. The van der Waals surface area contributed by atoms with Crippen LogP contribution in [0.25, 0.3) is 0 Å². The highest BCUT2D eigenvalue weighted by Gasteiger charge is 2.24. The Hall–Kier alpha value is -1.61. The maximum Gasteiger partial charge on any atom is 0.252 e. The van der Waals surface area contributed by atoms with Crippen molar-refractivity contribution in [2.24, 2.45) is 5.92 Å². The second-order valence-electron chi connectivity index (χ2n) is 7.65. The standard InChI is InChI=1S/C22H29NOS/c1-5-20(17-9-7-16(8-10-17)14(2)3)23-22(24)19-13-25-21-12-15(4)6-11-18(19)21/h7-10,13-15,20H,5-6,11-12H2,1-4H3,(H,23,24).